The van der Waals surface area contributed by atoms with Crippen LogP contribution < -0.4 is 19.9 Å². The molecule has 0 heterocycles. The van der Waals surface area contributed by atoms with Crippen molar-refractivity contribution in [3.63, 3.8) is 0 Å². The largest absolute Gasteiger partial charge is 0.496 e. The van der Waals surface area contributed by atoms with Gasteiger partial charge in [0.05, 0.1) is 26.9 Å². The Balaban J connectivity index is 2.41. The summed E-state index contributed by atoms with van der Waals surface area (Å²) >= 11 is 0. The van der Waals surface area contributed by atoms with Crippen LogP contribution in [-0.2, 0) is 4.79 Å². The zero-order valence-electron chi connectivity index (χ0n) is 14.5. The van der Waals surface area contributed by atoms with Crippen molar-refractivity contribution in [2.45, 2.75) is 32.2 Å². The summed E-state index contributed by atoms with van der Waals surface area (Å²) in [6, 6.07) is 4.98. The fraction of sp³-hybridized carbons (Fsp3) is 0.588. The molecule has 0 aromatic heterocycles. The van der Waals surface area contributed by atoms with Crippen LogP contribution in [0.25, 0.3) is 0 Å². The van der Waals surface area contributed by atoms with Crippen LogP contribution in [0.2, 0.25) is 0 Å². The molecule has 0 saturated heterocycles. The zero-order chi connectivity index (χ0) is 17.2. The summed E-state index contributed by atoms with van der Waals surface area (Å²) in [4.78, 5) is 13.7. The highest BCUT2D eigenvalue weighted by Gasteiger charge is 2.16. The number of nitrogens with zero attached hydrogens (tertiary/aromatic N) is 1. The Morgan fingerprint density at radius 1 is 1.17 bits per heavy atom. The Labute approximate surface area is 138 Å². The van der Waals surface area contributed by atoms with Crippen LogP contribution in [0, 0.1) is 0 Å². The lowest BCUT2D eigenvalue weighted by molar-refractivity contribution is -0.131. The predicted octanol–water partition coefficient (Wildman–Crippen LogP) is 2.06. The minimum atomic E-state index is -0.409. The van der Waals surface area contributed by atoms with Crippen molar-refractivity contribution >= 4 is 5.91 Å². The Morgan fingerprint density at radius 2 is 1.74 bits per heavy atom. The molecule has 1 aromatic carbocycles. The van der Waals surface area contributed by atoms with E-state index in [1.165, 1.54) is 0 Å². The minimum absolute atomic E-state index is 0.0186. The maximum atomic E-state index is 12.0. The maximum Gasteiger partial charge on any atom is 0.239 e. The number of likely N-dealkylation sites (N-methyl/N-ethyl adjacent to an activating group) is 1. The standard InChI is InChI=1S/C17H28N2O4/c1-5-7-16(18)17(20)19(2)8-6-9-23-15-11-13(21-3)10-14(12-15)22-4/h10-12,16H,5-9,18H2,1-4H3. The fourth-order valence-corrected chi connectivity index (χ4v) is 2.18. The molecule has 0 spiro atoms. The third-order valence-electron chi connectivity index (χ3n) is 3.52. The number of ether oxygens (including phenoxy) is 3. The zero-order valence-corrected chi connectivity index (χ0v) is 14.5. The molecule has 6 nitrogen and oxygen atoms in total. The summed E-state index contributed by atoms with van der Waals surface area (Å²) in [6.45, 7) is 3.12. The molecule has 1 atom stereocenters. The summed E-state index contributed by atoms with van der Waals surface area (Å²) < 4.78 is 16.1. The van der Waals surface area contributed by atoms with Gasteiger partial charge in [-0.3, -0.25) is 4.79 Å². The van der Waals surface area contributed by atoms with E-state index in [2.05, 4.69) is 0 Å². The van der Waals surface area contributed by atoms with Crippen molar-refractivity contribution in [3.8, 4) is 17.2 Å². The van der Waals surface area contributed by atoms with Crippen LogP contribution in [0.5, 0.6) is 17.2 Å². The van der Waals surface area contributed by atoms with Crippen LogP contribution in [0.3, 0.4) is 0 Å². The van der Waals surface area contributed by atoms with Gasteiger partial charge in [-0.05, 0) is 12.8 Å². The van der Waals surface area contributed by atoms with Crippen molar-refractivity contribution in [3.05, 3.63) is 18.2 Å². The van der Waals surface area contributed by atoms with Gasteiger partial charge in [-0.1, -0.05) is 13.3 Å². The second kappa shape index (κ2) is 9.94. The van der Waals surface area contributed by atoms with E-state index < -0.39 is 6.04 Å². The van der Waals surface area contributed by atoms with Gasteiger partial charge in [0.2, 0.25) is 5.91 Å². The molecule has 0 aliphatic rings. The molecule has 130 valence electrons. The molecule has 6 heteroatoms. The van der Waals surface area contributed by atoms with E-state index in [1.54, 1.807) is 44.4 Å². The molecule has 1 unspecified atom stereocenters. The molecule has 0 aliphatic carbocycles. The Hall–Kier alpha value is -1.95. The van der Waals surface area contributed by atoms with E-state index in [0.29, 0.717) is 36.8 Å². The van der Waals surface area contributed by atoms with Gasteiger partial charge < -0.3 is 24.8 Å². The van der Waals surface area contributed by atoms with Crippen LogP contribution in [0.15, 0.2) is 18.2 Å². The first-order chi connectivity index (χ1) is 11.0. The van der Waals surface area contributed by atoms with Crippen LogP contribution in [-0.4, -0.2) is 51.3 Å². The van der Waals surface area contributed by atoms with E-state index in [9.17, 15) is 4.79 Å². The molecule has 1 aromatic rings. The molecule has 23 heavy (non-hydrogen) atoms. The number of rotatable bonds is 10. The maximum absolute atomic E-state index is 12.0. The van der Waals surface area contributed by atoms with Crippen molar-refractivity contribution in [1.82, 2.24) is 4.90 Å². The number of methoxy groups -OCH3 is 2. The summed E-state index contributed by atoms with van der Waals surface area (Å²) in [5.74, 6) is 2.02. The average molecular weight is 324 g/mol. The van der Waals surface area contributed by atoms with Crippen LogP contribution >= 0.6 is 0 Å². The molecule has 2 N–H and O–H groups in total. The molecule has 1 rings (SSSR count). The Bertz CT molecular complexity index is 471. The first-order valence-corrected chi connectivity index (χ1v) is 7.88. The molecule has 1 amide bonds. The van der Waals surface area contributed by atoms with Gasteiger partial charge in [-0.25, -0.2) is 0 Å². The highest BCUT2D eigenvalue weighted by Crippen LogP contribution is 2.27. The first-order valence-electron chi connectivity index (χ1n) is 7.88. The van der Waals surface area contributed by atoms with E-state index in [0.717, 1.165) is 12.8 Å². The van der Waals surface area contributed by atoms with Gasteiger partial charge in [-0.2, -0.15) is 0 Å². The third-order valence-corrected chi connectivity index (χ3v) is 3.52. The number of amides is 1. The van der Waals surface area contributed by atoms with E-state index in [1.807, 2.05) is 6.92 Å². The van der Waals surface area contributed by atoms with Crippen molar-refractivity contribution in [2.75, 3.05) is 34.4 Å². The lowest BCUT2D eigenvalue weighted by atomic mass is 10.1. The van der Waals surface area contributed by atoms with Gasteiger partial charge in [0.15, 0.2) is 0 Å². The minimum Gasteiger partial charge on any atom is -0.496 e. The lowest BCUT2D eigenvalue weighted by Crippen LogP contribution is -2.42. The smallest absolute Gasteiger partial charge is 0.239 e. The molecule has 0 radical (unpaired) electrons. The number of nitrogens with two attached hydrogens (primary N) is 1. The van der Waals surface area contributed by atoms with Crippen LogP contribution in [0.4, 0.5) is 0 Å². The fourth-order valence-electron chi connectivity index (χ4n) is 2.18. The van der Waals surface area contributed by atoms with Crippen molar-refractivity contribution in [2.24, 2.45) is 5.73 Å². The lowest BCUT2D eigenvalue weighted by Gasteiger charge is -2.21. The molecule has 0 aliphatic heterocycles. The SMILES string of the molecule is CCCC(N)C(=O)N(C)CCCOc1cc(OC)cc(OC)c1. The first kappa shape index (κ1) is 19.1. The molecule has 0 bridgehead atoms. The monoisotopic (exact) mass is 324 g/mol. The second-order valence-electron chi connectivity index (χ2n) is 5.41. The average Bonchev–Trinajstić information content (AvgIpc) is 2.57. The van der Waals surface area contributed by atoms with E-state index in [4.69, 9.17) is 19.9 Å². The predicted molar refractivity (Wildman–Crippen MR) is 90.2 cm³/mol. The molecular formula is C17H28N2O4. The number of carbonyl (C=O) groups excluding carboxylic acids is 1. The normalized spacial score (nSPS) is 11.7. The highest BCUT2D eigenvalue weighted by molar-refractivity contribution is 5.81. The Morgan fingerprint density at radius 3 is 2.26 bits per heavy atom. The topological polar surface area (TPSA) is 74.0 Å². The van der Waals surface area contributed by atoms with Crippen LogP contribution in [0.1, 0.15) is 26.2 Å². The van der Waals surface area contributed by atoms with Gasteiger partial charge in [0.25, 0.3) is 0 Å². The summed E-state index contributed by atoms with van der Waals surface area (Å²) in [5, 5.41) is 0. The number of hydrogen-bond acceptors (Lipinski definition) is 5. The van der Waals surface area contributed by atoms with Crippen molar-refractivity contribution in [1.29, 1.82) is 0 Å². The van der Waals surface area contributed by atoms with E-state index in [-0.39, 0.29) is 5.91 Å². The molecular weight excluding hydrogens is 296 g/mol. The van der Waals surface area contributed by atoms with E-state index >= 15 is 0 Å². The Kier molecular flexibility index (Phi) is 8.26. The summed E-state index contributed by atoms with van der Waals surface area (Å²) in [6.07, 6.45) is 2.34. The number of benzene rings is 1. The molecule has 0 saturated carbocycles. The third kappa shape index (κ3) is 6.36. The summed E-state index contributed by atoms with van der Waals surface area (Å²) in [7, 11) is 4.96. The molecule has 0 fully saturated rings. The van der Waals surface area contributed by atoms with Crippen molar-refractivity contribution < 1.29 is 19.0 Å². The number of carbonyl (C=O) groups is 1. The highest BCUT2D eigenvalue weighted by atomic mass is 16.5. The summed E-state index contributed by atoms with van der Waals surface area (Å²) in [5.41, 5.74) is 5.84. The second-order valence-corrected chi connectivity index (χ2v) is 5.41. The van der Waals surface area contributed by atoms with Gasteiger partial charge >= 0.3 is 0 Å². The van der Waals surface area contributed by atoms with Gasteiger partial charge in [0, 0.05) is 31.8 Å². The van der Waals surface area contributed by atoms with Gasteiger partial charge in [0.1, 0.15) is 17.2 Å². The number of hydrogen-bond donors (Lipinski definition) is 1. The quantitative estimate of drug-likeness (QED) is 0.667. The van der Waals surface area contributed by atoms with Gasteiger partial charge in [-0.15, -0.1) is 0 Å².